The van der Waals surface area contributed by atoms with E-state index in [1.807, 2.05) is 6.92 Å². The summed E-state index contributed by atoms with van der Waals surface area (Å²) >= 11 is 0. The van der Waals surface area contributed by atoms with Crippen molar-refractivity contribution >= 4 is 11.9 Å². The first kappa shape index (κ1) is 37.0. The second kappa shape index (κ2) is 20.6. The quantitative estimate of drug-likeness (QED) is 0.159. The Morgan fingerprint density at radius 2 is 1.50 bits per heavy atom. The summed E-state index contributed by atoms with van der Waals surface area (Å²) in [6, 6.07) is 1.40. The summed E-state index contributed by atoms with van der Waals surface area (Å²) in [6.07, 6.45) is 15.1. The number of nitrogens with one attached hydrogen (secondary N) is 4. The third kappa shape index (κ3) is 14.3. The lowest BCUT2D eigenvalue weighted by molar-refractivity contribution is -0.121. The van der Waals surface area contributed by atoms with Gasteiger partial charge in [0, 0.05) is 44.2 Å². The fraction of sp³-hybridized carbons (Fsp3) is 0.939. The second-order valence-electron chi connectivity index (χ2n) is 14.0. The number of hydrazine groups is 2. The molecule has 3 atom stereocenters. The Kier molecular flexibility index (Phi) is 17.3. The maximum Gasteiger partial charge on any atom is 0.315 e. The van der Waals surface area contributed by atoms with E-state index in [1.165, 1.54) is 51.4 Å². The normalized spacial score (nSPS) is 24.5. The van der Waals surface area contributed by atoms with Crippen molar-refractivity contribution in [2.75, 3.05) is 59.3 Å². The van der Waals surface area contributed by atoms with Gasteiger partial charge in [-0.15, -0.1) is 0 Å². The zero-order valence-electron chi connectivity index (χ0n) is 28.3. The lowest BCUT2D eigenvalue weighted by Crippen LogP contribution is -2.51. The minimum absolute atomic E-state index is 0.0622. The van der Waals surface area contributed by atoms with E-state index in [-0.39, 0.29) is 29.4 Å². The molecular formula is C33H64N6O5. The second-order valence-corrected chi connectivity index (χ2v) is 14.0. The van der Waals surface area contributed by atoms with E-state index in [0.29, 0.717) is 64.7 Å². The van der Waals surface area contributed by atoms with E-state index in [0.717, 1.165) is 38.8 Å². The Bertz CT molecular complexity index is 802. The number of hydrogen-bond donors (Lipinski definition) is 4. The van der Waals surface area contributed by atoms with Crippen LogP contribution in [-0.4, -0.2) is 105 Å². The minimum atomic E-state index is -0.0816. The average Bonchev–Trinajstić information content (AvgIpc) is 3.58. The number of carbonyl (C=O) groups is 2. The molecule has 44 heavy (non-hydrogen) atoms. The molecule has 1 unspecified atom stereocenters. The van der Waals surface area contributed by atoms with Gasteiger partial charge in [-0.2, -0.15) is 5.53 Å². The van der Waals surface area contributed by atoms with Crippen LogP contribution in [0, 0.1) is 5.41 Å². The predicted molar refractivity (Wildman–Crippen MR) is 174 cm³/mol. The molecule has 0 aromatic heterocycles. The van der Waals surface area contributed by atoms with Gasteiger partial charge in [-0.3, -0.25) is 4.79 Å². The van der Waals surface area contributed by atoms with Gasteiger partial charge in [0.1, 0.15) is 0 Å². The first-order valence-electron chi connectivity index (χ1n) is 17.6. The maximum absolute atomic E-state index is 12.0. The molecule has 256 valence electrons. The molecule has 2 saturated heterocycles. The van der Waals surface area contributed by atoms with E-state index in [1.54, 1.807) is 0 Å². The summed E-state index contributed by atoms with van der Waals surface area (Å²) in [7, 11) is 0. The average molecular weight is 625 g/mol. The molecule has 4 N–H and O–H groups in total. The Morgan fingerprint density at radius 3 is 2.14 bits per heavy atom. The van der Waals surface area contributed by atoms with Crippen LogP contribution in [0.25, 0.3) is 0 Å². The van der Waals surface area contributed by atoms with Crippen LogP contribution in [0.2, 0.25) is 0 Å². The highest BCUT2D eigenvalue weighted by Gasteiger charge is 2.41. The molecular weight excluding hydrogens is 560 g/mol. The lowest BCUT2D eigenvalue weighted by Gasteiger charge is -2.38. The summed E-state index contributed by atoms with van der Waals surface area (Å²) in [4.78, 5) is 23.3. The van der Waals surface area contributed by atoms with E-state index in [9.17, 15) is 9.59 Å². The van der Waals surface area contributed by atoms with Crippen molar-refractivity contribution < 1.29 is 23.8 Å². The maximum atomic E-state index is 12.0. The van der Waals surface area contributed by atoms with Crippen molar-refractivity contribution in [3.8, 4) is 0 Å². The highest BCUT2D eigenvalue weighted by atomic mass is 16.5. The fourth-order valence-corrected chi connectivity index (χ4v) is 6.49. The Hall–Kier alpha value is -1.50. The van der Waals surface area contributed by atoms with Crippen molar-refractivity contribution in [1.82, 2.24) is 31.5 Å². The summed E-state index contributed by atoms with van der Waals surface area (Å²) < 4.78 is 17.1. The first-order chi connectivity index (χ1) is 21.2. The highest BCUT2D eigenvalue weighted by Crippen LogP contribution is 2.32. The monoisotopic (exact) mass is 624 g/mol. The number of rotatable bonds is 19. The van der Waals surface area contributed by atoms with Gasteiger partial charge in [0.2, 0.25) is 5.91 Å². The van der Waals surface area contributed by atoms with Crippen LogP contribution >= 0.6 is 0 Å². The molecule has 0 bridgehead atoms. The number of unbranched alkanes of at least 4 members (excludes halogenated alkanes) is 2. The zero-order valence-corrected chi connectivity index (χ0v) is 28.3. The third-order valence-corrected chi connectivity index (χ3v) is 9.22. The topological polar surface area (TPSA) is 116 Å². The van der Waals surface area contributed by atoms with E-state index in [2.05, 4.69) is 52.3 Å². The van der Waals surface area contributed by atoms with E-state index in [4.69, 9.17) is 14.2 Å². The Labute approximate surface area is 267 Å². The van der Waals surface area contributed by atoms with Crippen molar-refractivity contribution in [3.63, 3.8) is 0 Å². The molecule has 2 heterocycles. The molecule has 0 aromatic carbocycles. The Balaban J connectivity index is 1.12. The predicted octanol–water partition coefficient (Wildman–Crippen LogP) is 4.13. The number of urea groups is 1. The number of amides is 3. The molecule has 0 spiro atoms. The number of carbonyl (C=O) groups excluding carboxylic acids is 2. The lowest BCUT2D eigenvalue weighted by atomic mass is 9.85. The summed E-state index contributed by atoms with van der Waals surface area (Å²) in [5.74, 6) is 0.0622. The molecule has 1 saturated carbocycles. The van der Waals surface area contributed by atoms with Gasteiger partial charge in [0.25, 0.3) is 0 Å². The van der Waals surface area contributed by atoms with Gasteiger partial charge in [0.05, 0.1) is 45.7 Å². The summed E-state index contributed by atoms with van der Waals surface area (Å²) in [6.45, 7) is 14.8. The van der Waals surface area contributed by atoms with Gasteiger partial charge in [-0.05, 0) is 38.0 Å². The zero-order chi connectivity index (χ0) is 31.6. The van der Waals surface area contributed by atoms with Crippen LogP contribution in [0.5, 0.6) is 0 Å². The molecule has 0 aromatic rings. The smallest absolute Gasteiger partial charge is 0.315 e. The molecule has 1 aliphatic carbocycles. The molecule has 3 aliphatic rings. The number of nitrogens with zero attached hydrogens (tertiary/aromatic N) is 2. The number of hydrogen-bond acceptors (Lipinski definition) is 8. The van der Waals surface area contributed by atoms with Crippen LogP contribution < -0.4 is 21.5 Å². The van der Waals surface area contributed by atoms with Gasteiger partial charge < -0.3 is 30.2 Å². The summed E-state index contributed by atoms with van der Waals surface area (Å²) in [5.41, 5.74) is 3.97. The van der Waals surface area contributed by atoms with Crippen molar-refractivity contribution in [2.45, 2.75) is 135 Å². The minimum Gasteiger partial charge on any atom is -0.378 e. The van der Waals surface area contributed by atoms with Gasteiger partial charge in [-0.25, -0.2) is 14.8 Å². The van der Waals surface area contributed by atoms with Gasteiger partial charge in [0.15, 0.2) is 0 Å². The molecule has 3 rings (SSSR count). The third-order valence-electron chi connectivity index (χ3n) is 9.22. The highest BCUT2D eigenvalue weighted by molar-refractivity contribution is 5.77. The van der Waals surface area contributed by atoms with Gasteiger partial charge in [-0.1, -0.05) is 72.1 Å². The van der Waals surface area contributed by atoms with Crippen molar-refractivity contribution in [1.29, 1.82) is 0 Å². The van der Waals surface area contributed by atoms with Crippen LogP contribution in [0.15, 0.2) is 0 Å². The van der Waals surface area contributed by atoms with E-state index >= 15 is 0 Å². The first-order valence-corrected chi connectivity index (χ1v) is 17.6. The van der Waals surface area contributed by atoms with Crippen LogP contribution in [-0.2, 0) is 19.0 Å². The fourth-order valence-electron chi connectivity index (χ4n) is 6.49. The molecule has 11 heteroatoms. The number of ether oxygens (including phenoxy) is 3. The van der Waals surface area contributed by atoms with Crippen LogP contribution in [0.1, 0.15) is 111 Å². The SMILES string of the molecule is C[C@@H]1NC(=O)N[C@@H]1CCCCCC(=O)NCCOCCOCCOCCN1CC(C(C)(C)C)N(C2CCCCCCCC2)N1. The standard InChI is InChI=1S/C33H64N6O5/c1-27-29(36-32(41)35-27)16-12-9-13-17-31(40)34-18-20-42-22-24-44-25-23-43-21-19-38-26-30(33(2,3)4)39(37-38)28-14-10-7-5-6-8-11-15-28/h27-30,37H,5-26H2,1-4H3,(H,34,40)(H2,35,36,41)/t27-,29+,30?/m0/s1. The van der Waals surface area contributed by atoms with Gasteiger partial charge >= 0.3 is 6.03 Å². The van der Waals surface area contributed by atoms with Crippen molar-refractivity contribution in [2.24, 2.45) is 5.41 Å². The molecule has 11 nitrogen and oxygen atoms in total. The largest absolute Gasteiger partial charge is 0.378 e. The van der Waals surface area contributed by atoms with E-state index < -0.39 is 0 Å². The van der Waals surface area contributed by atoms with Crippen LogP contribution in [0.4, 0.5) is 4.79 Å². The molecule has 3 amide bonds. The molecule has 2 aliphatic heterocycles. The van der Waals surface area contributed by atoms with Crippen molar-refractivity contribution in [3.05, 3.63) is 0 Å². The molecule has 3 fully saturated rings. The van der Waals surface area contributed by atoms with Crippen LogP contribution in [0.3, 0.4) is 0 Å². The molecule has 0 radical (unpaired) electrons. The summed E-state index contributed by atoms with van der Waals surface area (Å²) in [5, 5.41) is 13.6. The Morgan fingerprint density at radius 1 is 0.864 bits per heavy atom.